The third-order valence-corrected chi connectivity index (χ3v) is 4.68. The molecule has 0 atom stereocenters. The number of carbonyl (C=O) groups is 1. The Morgan fingerprint density at radius 1 is 1.08 bits per heavy atom. The fraction of sp³-hybridized carbons (Fsp3) is 0.0625. The summed E-state index contributed by atoms with van der Waals surface area (Å²) in [6.07, 6.45) is 2.85. The number of hydrogen-bond donors (Lipinski definition) is 1. The second-order valence-electron chi connectivity index (χ2n) is 4.78. The highest BCUT2D eigenvalue weighted by molar-refractivity contribution is 7.89. The van der Waals surface area contributed by atoms with E-state index >= 15 is 0 Å². The molecule has 0 fully saturated rings. The highest BCUT2D eigenvalue weighted by atomic mass is 32.2. The first-order valence-electron chi connectivity index (χ1n) is 6.84. The topological polar surface area (TPSA) is 106 Å². The van der Waals surface area contributed by atoms with Gasteiger partial charge in [0.25, 0.3) is 5.69 Å². The van der Waals surface area contributed by atoms with Crippen LogP contribution in [0.25, 0.3) is 6.08 Å². The average molecular weight is 346 g/mol. The third-order valence-electron chi connectivity index (χ3n) is 3.25. The lowest BCUT2D eigenvalue weighted by atomic mass is 10.1. The van der Waals surface area contributed by atoms with Gasteiger partial charge in [-0.3, -0.25) is 14.9 Å². The molecule has 2 aromatic carbocycles. The maximum atomic E-state index is 12.1. The number of non-ortho nitro benzene ring substituents is 1. The quantitative estimate of drug-likeness (QED) is 0.374. The van der Waals surface area contributed by atoms with E-state index in [0.29, 0.717) is 11.1 Å². The number of ketones is 1. The molecule has 0 saturated carbocycles. The molecule has 0 aliphatic heterocycles. The zero-order valence-corrected chi connectivity index (χ0v) is 13.5. The van der Waals surface area contributed by atoms with E-state index < -0.39 is 14.9 Å². The number of hydrogen-bond acceptors (Lipinski definition) is 5. The monoisotopic (exact) mass is 346 g/mol. The summed E-state index contributed by atoms with van der Waals surface area (Å²) in [5, 5.41) is 10.6. The zero-order valence-electron chi connectivity index (χ0n) is 12.7. The molecule has 0 aliphatic carbocycles. The average Bonchev–Trinajstić information content (AvgIpc) is 2.60. The van der Waals surface area contributed by atoms with Crippen LogP contribution in [0.15, 0.2) is 59.5 Å². The summed E-state index contributed by atoms with van der Waals surface area (Å²) in [5.74, 6) is -0.304. The molecular weight excluding hydrogens is 332 g/mol. The summed E-state index contributed by atoms with van der Waals surface area (Å²) in [6, 6.07) is 11.3. The largest absolute Gasteiger partial charge is 0.289 e. The molecule has 7 nitrogen and oxygen atoms in total. The number of rotatable bonds is 6. The Bertz CT molecular complexity index is 885. The molecule has 8 heteroatoms. The summed E-state index contributed by atoms with van der Waals surface area (Å²) < 4.78 is 25.4. The van der Waals surface area contributed by atoms with Gasteiger partial charge in [-0.1, -0.05) is 6.08 Å². The van der Waals surface area contributed by atoms with Crippen LogP contribution >= 0.6 is 0 Å². The minimum atomic E-state index is -3.54. The van der Waals surface area contributed by atoms with Crippen LogP contribution in [-0.2, 0) is 10.0 Å². The zero-order chi connectivity index (χ0) is 17.7. The first kappa shape index (κ1) is 17.5. The van der Waals surface area contributed by atoms with Gasteiger partial charge in [-0.2, -0.15) is 0 Å². The van der Waals surface area contributed by atoms with E-state index in [1.807, 2.05) is 0 Å². The predicted molar refractivity (Wildman–Crippen MR) is 89.1 cm³/mol. The van der Waals surface area contributed by atoms with E-state index in [1.54, 1.807) is 0 Å². The van der Waals surface area contributed by atoms with Crippen LogP contribution in [0, 0.1) is 10.1 Å². The van der Waals surface area contributed by atoms with Gasteiger partial charge in [-0.15, -0.1) is 0 Å². The SMILES string of the molecule is CNS(=O)(=O)c1ccc(C(=O)/C=C/c2ccc([N+](=O)[O-])cc2)cc1. The lowest BCUT2D eigenvalue weighted by Crippen LogP contribution is -2.18. The van der Waals surface area contributed by atoms with Gasteiger partial charge in [0.05, 0.1) is 9.82 Å². The van der Waals surface area contributed by atoms with Crippen LogP contribution in [0.5, 0.6) is 0 Å². The summed E-state index contributed by atoms with van der Waals surface area (Å²) in [5.41, 5.74) is 0.950. The highest BCUT2D eigenvalue weighted by Gasteiger charge is 2.11. The summed E-state index contributed by atoms with van der Waals surface area (Å²) in [4.78, 5) is 22.2. The molecule has 2 rings (SSSR count). The van der Waals surface area contributed by atoms with Crippen LogP contribution in [0.4, 0.5) is 5.69 Å². The lowest BCUT2D eigenvalue weighted by molar-refractivity contribution is -0.384. The smallest absolute Gasteiger partial charge is 0.269 e. The third kappa shape index (κ3) is 4.12. The number of benzene rings is 2. The Balaban J connectivity index is 2.13. The van der Waals surface area contributed by atoms with Crippen molar-refractivity contribution in [1.29, 1.82) is 0 Å². The molecule has 0 saturated heterocycles. The van der Waals surface area contributed by atoms with E-state index in [-0.39, 0.29) is 16.4 Å². The maximum absolute atomic E-state index is 12.1. The molecule has 0 amide bonds. The molecule has 2 aromatic rings. The number of sulfonamides is 1. The minimum Gasteiger partial charge on any atom is -0.289 e. The predicted octanol–water partition coefficient (Wildman–Crippen LogP) is 2.40. The number of nitro groups is 1. The normalized spacial score (nSPS) is 11.5. The molecule has 0 radical (unpaired) electrons. The van der Waals surface area contributed by atoms with Gasteiger partial charge in [-0.25, -0.2) is 13.1 Å². The molecular formula is C16H14N2O5S. The summed E-state index contributed by atoms with van der Waals surface area (Å²) in [7, 11) is -2.23. The van der Waals surface area contributed by atoms with Crippen LogP contribution in [0.1, 0.15) is 15.9 Å². The van der Waals surface area contributed by atoms with Gasteiger partial charge in [-0.05, 0) is 55.1 Å². The highest BCUT2D eigenvalue weighted by Crippen LogP contribution is 2.14. The fourth-order valence-corrected chi connectivity index (χ4v) is 2.62. The van der Waals surface area contributed by atoms with Gasteiger partial charge >= 0.3 is 0 Å². The van der Waals surface area contributed by atoms with Crippen molar-refractivity contribution in [3.8, 4) is 0 Å². The molecule has 0 unspecified atom stereocenters. The van der Waals surface area contributed by atoms with Gasteiger partial charge in [0.15, 0.2) is 5.78 Å². The van der Waals surface area contributed by atoms with Gasteiger partial charge in [0.1, 0.15) is 0 Å². The number of nitrogens with one attached hydrogen (secondary N) is 1. The van der Waals surface area contributed by atoms with Crippen molar-refractivity contribution in [3.63, 3.8) is 0 Å². The second-order valence-corrected chi connectivity index (χ2v) is 6.66. The Morgan fingerprint density at radius 3 is 2.17 bits per heavy atom. The summed E-state index contributed by atoms with van der Waals surface area (Å²) in [6.45, 7) is 0. The van der Waals surface area contributed by atoms with Crippen molar-refractivity contribution in [2.24, 2.45) is 0 Å². The minimum absolute atomic E-state index is 0.0280. The Hall–Kier alpha value is -2.84. The van der Waals surface area contributed by atoms with E-state index in [4.69, 9.17) is 0 Å². The van der Waals surface area contributed by atoms with E-state index in [0.717, 1.165) is 0 Å². The molecule has 0 bridgehead atoms. The molecule has 1 N–H and O–H groups in total. The van der Waals surface area contributed by atoms with Gasteiger partial charge in [0.2, 0.25) is 10.0 Å². The van der Waals surface area contributed by atoms with Crippen molar-refractivity contribution >= 4 is 27.6 Å². The molecule has 0 aliphatic rings. The molecule has 24 heavy (non-hydrogen) atoms. The first-order valence-corrected chi connectivity index (χ1v) is 8.32. The number of carbonyl (C=O) groups excluding carboxylic acids is 1. The molecule has 0 aromatic heterocycles. The van der Waals surface area contributed by atoms with Crippen molar-refractivity contribution in [1.82, 2.24) is 4.72 Å². The van der Waals surface area contributed by atoms with Crippen molar-refractivity contribution in [2.45, 2.75) is 4.90 Å². The van der Waals surface area contributed by atoms with Gasteiger partial charge in [0, 0.05) is 17.7 Å². The molecule has 124 valence electrons. The summed E-state index contributed by atoms with van der Waals surface area (Å²) >= 11 is 0. The van der Waals surface area contributed by atoms with E-state index in [9.17, 15) is 23.3 Å². The van der Waals surface area contributed by atoms with Crippen molar-refractivity contribution < 1.29 is 18.1 Å². The number of allylic oxidation sites excluding steroid dienone is 1. The van der Waals surface area contributed by atoms with Crippen LogP contribution in [0.2, 0.25) is 0 Å². The van der Waals surface area contributed by atoms with Crippen LogP contribution in [0.3, 0.4) is 0 Å². The Kier molecular flexibility index (Phi) is 5.22. The van der Waals surface area contributed by atoms with Crippen molar-refractivity contribution in [2.75, 3.05) is 7.05 Å². The maximum Gasteiger partial charge on any atom is 0.269 e. The lowest BCUT2D eigenvalue weighted by Gasteiger charge is -2.02. The second kappa shape index (κ2) is 7.16. The van der Waals surface area contributed by atoms with Crippen LogP contribution in [-0.4, -0.2) is 26.2 Å². The first-order chi connectivity index (χ1) is 11.3. The van der Waals surface area contributed by atoms with E-state index in [1.165, 1.54) is 67.7 Å². The number of nitro benzene ring substituents is 1. The van der Waals surface area contributed by atoms with E-state index in [2.05, 4.69) is 4.72 Å². The van der Waals surface area contributed by atoms with Crippen molar-refractivity contribution in [3.05, 3.63) is 75.8 Å². The fourth-order valence-electron chi connectivity index (χ4n) is 1.89. The Labute approximate surface area is 138 Å². The molecule has 0 spiro atoms. The number of nitrogens with zero attached hydrogens (tertiary/aromatic N) is 1. The molecule has 0 heterocycles. The Morgan fingerprint density at radius 2 is 1.67 bits per heavy atom. The standard InChI is InChI=1S/C16H14N2O5S/c1-17-24(22,23)15-9-5-13(6-10-15)16(19)11-4-12-2-7-14(8-3-12)18(20)21/h2-11,17H,1H3/b11-4+. The van der Waals surface area contributed by atoms with Crippen LogP contribution < -0.4 is 4.72 Å². The van der Waals surface area contributed by atoms with Gasteiger partial charge < -0.3 is 0 Å².